The third-order valence-electron chi connectivity index (χ3n) is 1.64. The zero-order valence-corrected chi connectivity index (χ0v) is 8.34. The molecule has 2 N–H and O–H groups in total. The lowest BCUT2D eigenvalue weighted by Gasteiger charge is -2.10. The van der Waals surface area contributed by atoms with Crippen LogP contribution in [0.3, 0.4) is 0 Å². The maximum atomic E-state index is 9.32. The Balaban J connectivity index is 2.41. The third-order valence-corrected chi connectivity index (χ3v) is 1.64. The number of aliphatic hydroxyl groups is 1. The van der Waals surface area contributed by atoms with Crippen LogP contribution in [0, 0.1) is 11.3 Å². The predicted octanol–water partition coefficient (Wildman–Crippen LogP) is -0.233. The van der Waals surface area contributed by atoms with Gasteiger partial charge in [0.1, 0.15) is 11.9 Å². The number of aromatic nitrogens is 2. The number of nitriles is 1. The van der Waals surface area contributed by atoms with Crippen LogP contribution in [0.1, 0.15) is 5.69 Å². The van der Waals surface area contributed by atoms with Crippen molar-refractivity contribution >= 4 is 5.82 Å². The number of nitrogens with one attached hydrogen (secondary N) is 1. The molecule has 0 aliphatic heterocycles. The van der Waals surface area contributed by atoms with Gasteiger partial charge in [0.2, 0.25) is 0 Å². The van der Waals surface area contributed by atoms with Gasteiger partial charge >= 0.3 is 0 Å². The van der Waals surface area contributed by atoms with E-state index >= 15 is 0 Å². The molecule has 0 amide bonds. The second-order valence-electron chi connectivity index (χ2n) is 2.89. The molecule has 1 aromatic heterocycles. The van der Waals surface area contributed by atoms with Gasteiger partial charge < -0.3 is 15.2 Å². The Morgan fingerprint density at radius 1 is 1.60 bits per heavy atom. The van der Waals surface area contributed by atoms with Crippen molar-refractivity contribution in [2.45, 2.75) is 6.10 Å². The van der Waals surface area contributed by atoms with Crippen LogP contribution in [0.15, 0.2) is 12.4 Å². The predicted molar refractivity (Wildman–Crippen MR) is 53.1 cm³/mol. The highest BCUT2D eigenvalue weighted by Crippen LogP contribution is 2.00. The van der Waals surface area contributed by atoms with E-state index < -0.39 is 6.10 Å². The minimum absolute atomic E-state index is 0.261. The standard InChI is InChI=1S/C9H12N4O2/c1-15-6-8(14)4-13-9-5-11-7(2-10)3-12-9/h3,5,8,14H,4,6H2,1H3,(H,12,13). The van der Waals surface area contributed by atoms with Gasteiger partial charge in [-0.1, -0.05) is 0 Å². The zero-order chi connectivity index (χ0) is 11.1. The summed E-state index contributed by atoms with van der Waals surface area (Å²) in [5.41, 5.74) is 0.262. The molecule has 15 heavy (non-hydrogen) atoms. The molecular weight excluding hydrogens is 196 g/mol. The number of hydrogen-bond donors (Lipinski definition) is 2. The van der Waals surface area contributed by atoms with Crippen molar-refractivity contribution in [1.82, 2.24) is 9.97 Å². The first-order chi connectivity index (χ1) is 7.26. The molecule has 1 unspecified atom stereocenters. The monoisotopic (exact) mass is 208 g/mol. The van der Waals surface area contributed by atoms with Gasteiger partial charge in [-0.25, -0.2) is 9.97 Å². The van der Waals surface area contributed by atoms with Gasteiger partial charge in [0.05, 0.1) is 25.1 Å². The molecule has 0 radical (unpaired) electrons. The van der Waals surface area contributed by atoms with Gasteiger partial charge in [-0.05, 0) is 0 Å². The maximum Gasteiger partial charge on any atom is 0.158 e. The molecule has 0 aliphatic rings. The lowest BCUT2D eigenvalue weighted by Crippen LogP contribution is -2.24. The molecular formula is C9H12N4O2. The first-order valence-corrected chi connectivity index (χ1v) is 4.39. The van der Waals surface area contributed by atoms with E-state index in [-0.39, 0.29) is 12.3 Å². The van der Waals surface area contributed by atoms with E-state index in [4.69, 9.17) is 10.00 Å². The normalized spacial score (nSPS) is 11.8. The van der Waals surface area contributed by atoms with Crippen molar-refractivity contribution in [3.8, 4) is 6.07 Å². The van der Waals surface area contributed by atoms with E-state index in [1.54, 1.807) is 0 Å². The van der Waals surface area contributed by atoms with Crippen LogP contribution in [0.5, 0.6) is 0 Å². The molecule has 0 aromatic carbocycles. The molecule has 0 saturated carbocycles. The fraction of sp³-hybridized carbons (Fsp3) is 0.444. The number of methoxy groups -OCH3 is 1. The number of aliphatic hydroxyl groups excluding tert-OH is 1. The largest absolute Gasteiger partial charge is 0.389 e. The fourth-order valence-electron chi connectivity index (χ4n) is 0.951. The number of nitrogens with zero attached hydrogens (tertiary/aromatic N) is 3. The van der Waals surface area contributed by atoms with Crippen LogP contribution < -0.4 is 5.32 Å². The average molecular weight is 208 g/mol. The minimum Gasteiger partial charge on any atom is -0.389 e. The van der Waals surface area contributed by atoms with Crippen LogP contribution in [0.2, 0.25) is 0 Å². The molecule has 0 bridgehead atoms. The molecule has 6 nitrogen and oxygen atoms in total. The summed E-state index contributed by atoms with van der Waals surface area (Å²) in [6, 6.07) is 1.87. The van der Waals surface area contributed by atoms with E-state index in [1.807, 2.05) is 6.07 Å². The topological polar surface area (TPSA) is 91.1 Å². The smallest absolute Gasteiger partial charge is 0.158 e. The summed E-state index contributed by atoms with van der Waals surface area (Å²) in [4.78, 5) is 7.76. The summed E-state index contributed by atoms with van der Waals surface area (Å²) in [5, 5.41) is 20.7. The first kappa shape index (κ1) is 11.4. The van der Waals surface area contributed by atoms with Crippen LogP contribution in [-0.4, -0.2) is 41.4 Å². The van der Waals surface area contributed by atoms with Gasteiger partial charge in [0, 0.05) is 13.7 Å². The second kappa shape index (κ2) is 5.90. The van der Waals surface area contributed by atoms with Crippen LogP contribution >= 0.6 is 0 Å². The summed E-state index contributed by atoms with van der Waals surface area (Å²) < 4.78 is 4.76. The molecule has 0 spiro atoms. The highest BCUT2D eigenvalue weighted by atomic mass is 16.5. The Kier molecular flexibility index (Phi) is 4.47. The van der Waals surface area contributed by atoms with E-state index in [2.05, 4.69) is 15.3 Å². The summed E-state index contributed by atoms with van der Waals surface area (Å²) in [7, 11) is 1.52. The van der Waals surface area contributed by atoms with Crippen molar-refractivity contribution in [2.24, 2.45) is 0 Å². The van der Waals surface area contributed by atoms with E-state index in [1.165, 1.54) is 19.5 Å². The lowest BCUT2D eigenvalue weighted by atomic mass is 10.4. The second-order valence-corrected chi connectivity index (χ2v) is 2.89. The number of anilines is 1. The molecule has 1 atom stereocenters. The van der Waals surface area contributed by atoms with Crippen LogP contribution in [0.25, 0.3) is 0 Å². The molecule has 0 fully saturated rings. The Labute approximate surface area is 87.5 Å². The lowest BCUT2D eigenvalue weighted by molar-refractivity contribution is 0.0727. The summed E-state index contributed by atoms with van der Waals surface area (Å²) in [6.07, 6.45) is 2.22. The molecule has 6 heteroatoms. The van der Waals surface area contributed by atoms with Crippen molar-refractivity contribution in [3.63, 3.8) is 0 Å². The van der Waals surface area contributed by atoms with Gasteiger partial charge in [-0.3, -0.25) is 0 Å². The molecule has 80 valence electrons. The summed E-state index contributed by atoms with van der Waals surface area (Å²) >= 11 is 0. The average Bonchev–Trinajstić information content (AvgIpc) is 2.27. The molecule has 1 aromatic rings. The molecule has 1 rings (SSSR count). The summed E-state index contributed by atoms with van der Waals surface area (Å²) in [6.45, 7) is 0.588. The number of ether oxygens (including phenoxy) is 1. The molecule has 0 saturated heterocycles. The zero-order valence-electron chi connectivity index (χ0n) is 8.34. The van der Waals surface area contributed by atoms with Crippen molar-refractivity contribution in [2.75, 3.05) is 25.6 Å². The van der Waals surface area contributed by atoms with Crippen molar-refractivity contribution < 1.29 is 9.84 Å². The Morgan fingerprint density at radius 3 is 2.93 bits per heavy atom. The van der Waals surface area contributed by atoms with E-state index in [9.17, 15) is 5.11 Å². The molecule has 0 aliphatic carbocycles. The van der Waals surface area contributed by atoms with Gasteiger partial charge in [0.15, 0.2) is 5.69 Å². The fourth-order valence-corrected chi connectivity index (χ4v) is 0.951. The summed E-state index contributed by atoms with van der Waals surface area (Å²) in [5.74, 6) is 0.518. The van der Waals surface area contributed by atoms with Crippen LogP contribution in [0.4, 0.5) is 5.82 Å². The Bertz CT molecular complexity index is 333. The van der Waals surface area contributed by atoms with Gasteiger partial charge in [-0.15, -0.1) is 0 Å². The number of hydrogen-bond acceptors (Lipinski definition) is 6. The Morgan fingerprint density at radius 2 is 2.40 bits per heavy atom. The quantitative estimate of drug-likeness (QED) is 0.694. The highest BCUT2D eigenvalue weighted by molar-refractivity contribution is 5.33. The Hall–Kier alpha value is -1.71. The van der Waals surface area contributed by atoms with E-state index in [0.29, 0.717) is 12.4 Å². The third kappa shape index (κ3) is 3.89. The van der Waals surface area contributed by atoms with Gasteiger partial charge in [-0.2, -0.15) is 5.26 Å². The minimum atomic E-state index is -0.590. The van der Waals surface area contributed by atoms with E-state index in [0.717, 1.165) is 0 Å². The molecule has 1 heterocycles. The first-order valence-electron chi connectivity index (χ1n) is 4.39. The van der Waals surface area contributed by atoms with Crippen molar-refractivity contribution in [3.05, 3.63) is 18.1 Å². The maximum absolute atomic E-state index is 9.32. The SMILES string of the molecule is COCC(O)CNc1cnc(C#N)cn1. The van der Waals surface area contributed by atoms with Crippen molar-refractivity contribution in [1.29, 1.82) is 5.26 Å². The highest BCUT2D eigenvalue weighted by Gasteiger charge is 2.03. The number of rotatable bonds is 5. The van der Waals surface area contributed by atoms with Gasteiger partial charge in [0.25, 0.3) is 0 Å². The van der Waals surface area contributed by atoms with Crippen LogP contribution in [-0.2, 0) is 4.74 Å².